The summed E-state index contributed by atoms with van der Waals surface area (Å²) < 4.78 is 6.60. The van der Waals surface area contributed by atoms with Crippen LogP contribution >= 0.6 is 11.6 Å². The van der Waals surface area contributed by atoms with Gasteiger partial charge in [0.2, 0.25) is 11.8 Å². The first-order valence-corrected chi connectivity index (χ1v) is 14.3. The molecule has 2 bridgehead atoms. The van der Waals surface area contributed by atoms with Gasteiger partial charge in [-0.25, -0.2) is 0 Å². The number of hydrogen-bond acceptors (Lipinski definition) is 5. The summed E-state index contributed by atoms with van der Waals surface area (Å²) in [6, 6.07) is 14.7. The number of nitrogens with zero attached hydrogens (tertiary/aromatic N) is 3. The molecule has 8 nitrogen and oxygen atoms in total. The number of aliphatic hydroxyl groups is 1. The smallest absolute Gasteiger partial charge is 0.253 e. The summed E-state index contributed by atoms with van der Waals surface area (Å²) >= 11 is 6.13. The molecule has 0 aromatic heterocycles. The van der Waals surface area contributed by atoms with Crippen molar-refractivity contribution in [1.29, 1.82) is 0 Å². The monoisotopic (exact) mass is 577 g/mol. The predicted octanol–water partition coefficient (Wildman–Crippen LogP) is 3.48. The summed E-state index contributed by atoms with van der Waals surface area (Å²) in [6.45, 7) is 7.75. The van der Waals surface area contributed by atoms with Gasteiger partial charge >= 0.3 is 0 Å². The lowest BCUT2D eigenvalue weighted by molar-refractivity contribution is -0.146. The van der Waals surface area contributed by atoms with Gasteiger partial charge in [-0.2, -0.15) is 0 Å². The fourth-order valence-electron chi connectivity index (χ4n) is 6.94. The number of amides is 3. The van der Waals surface area contributed by atoms with Crippen LogP contribution in [0.4, 0.5) is 5.69 Å². The molecule has 3 fully saturated rings. The van der Waals surface area contributed by atoms with Gasteiger partial charge in [-0.05, 0) is 49.1 Å². The highest BCUT2D eigenvalue weighted by Crippen LogP contribution is 2.59. The molecule has 1 N–H and O–H groups in total. The number of rotatable bonds is 11. The van der Waals surface area contributed by atoms with Crippen molar-refractivity contribution < 1.29 is 24.2 Å². The molecule has 2 unspecified atom stereocenters. The maximum Gasteiger partial charge on any atom is 0.253 e. The minimum Gasteiger partial charge on any atom is -0.394 e. The molecular weight excluding hydrogens is 542 g/mol. The van der Waals surface area contributed by atoms with E-state index < -0.39 is 35.6 Å². The first-order valence-electron chi connectivity index (χ1n) is 14.0. The zero-order valence-corrected chi connectivity index (χ0v) is 24.0. The molecule has 216 valence electrons. The average molecular weight is 578 g/mol. The minimum absolute atomic E-state index is 0.191. The average Bonchev–Trinajstić information content (AvgIpc) is 3.62. The zero-order valence-electron chi connectivity index (χ0n) is 23.2. The maximum atomic E-state index is 14.7. The number of ether oxygens (including phenoxy) is 1. The van der Waals surface area contributed by atoms with Gasteiger partial charge in [0, 0.05) is 30.8 Å². The van der Waals surface area contributed by atoms with Crippen molar-refractivity contribution in [1.82, 2.24) is 9.80 Å². The SMILES string of the molecule is C=CCN(C)C(=O)[C@@H]1[C@H]2C(=O)N([C@@H](CO)Cc3ccccc3)C(C(=O)N(CC=C)c3ccc(Cl)cc3)C23CC[C@H]1O3. The Morgan fingerprint density at radius 1 is 1.12 bits per heavy atom. The van der Waals surface area contributed by atoms with Gasteiger partial charge in [0.15, 0.2) is 0 Å². The lowest BCUT2D eigenvalue weighted by Crippen LogP contribution is -2.59. The number of aliphatic hydroxyl groups excluding tert-OH is 1. The molecule has 0 aliphatic carbocycles. The third kappa shape index (κ3) is 4.98. The van der Waals surface area contributed by atoms with Gasteiger partial charge in [0.1, 0.15) is 11.6 Å². The van der Waals surface area contributed by atoms with Crippen LogP contribution in [0.15, 0.2) is 79.9 Å². The Labute approximate surface area is 245 Å². The molecule has 5 rings (SSSR count). The van der Waals surface area contributed by atoms with Crippen LogP contribution in [0.25, 0.3) is 0 Å². The van der Waals surface area contributed by atoms with Crippen molar-refractivity contribution in [2.24, 2.45) is 11.8 Å². The van der Waals surface area contributed by atoms with Crippen LogP contribution in [-0.2, 0) is 25.5 Å². The van der Waals surface area contributed by atoms with E-state index in [0.29, 0.717) is 36.5 Å². The van der Waals surface area contributed by atoms with Crippen LogP contribution in [0, 0.1) is 11.8 Å². The predicted molar refractivity (Wildman–Crippen MR) is 157 cm³/mol. The number of hydrogen-bond donors (Lipinski definition) is 1. The molecule has 1 spiro atoms. The molecule has 3 amide bonds. The van der Waals surface area contributed by atoms with E-state index >= 15 is 0 Å². The van der Waals surface area contributed by atoms with Crippen LogP contribution in [0.2, 0.25) is 5.02 Å². The second-order valence-corrected chi connectivity index (χ2v) is 11.5. The van der Waals surface area contributed by atoms with Gasteiger partial charge in [-0.15, -0.1) is 13.2 Å². The summed E-state index contributed by atoms with van der Waals surface area (Å²) in [5.41, 5.74) is 0.329. The Morgan fingerprint density at radius 2 is 1.80 bits per heavy atom. The second kappa shape index (κ2) is 11.8. The van der Waals surface area contributed by atoms with Crippen molar-refractivity contribution in [2.45, 2.75) is 43.1 Å². The Morgan fingerprint density at radius 3 is 2.44 bits per heavy atom. The molecule has 0 radical (unpaired) electrons. The number of likely N-dealkylation sites (N-methyl/N-ethyl adjacent to an activating group) is 1. The number of halogens is 1. The molecule has 2 aromatic rings. The van der Waals surface area contributed by atoms with Crippen molar-refractivity contribution >= 4 is 35.0 Å². The van der Waals surface area contributed by atoms with Crippen LogP contribution in [0.3, 0.4) is 0 Å². The molecule has 9 heteroatoms. The van der Waals surface area contributed by atoms with Crippen LogP contribution in [0.1, 0.15) is 18.4 Å². The van der Waals surface area contributed by atoms with Crippen molar-refractivity contribution in [3.05, 3.63) is 90.5 Å². The molecule has 3 aliphatic rings. The Bertz CT molecular complexity index is 1320. The van der Waals surface area contributed by atoms with Gasteiger partial charge in [-0.1, -0.05) is 54.1 Å². The summed E-state index contributed by atoms with van der Waals surface area (Å²) in [6.07, 6.45) is 4.16. The van der Waals surface area contributed by atoms with E-state index in [-0.39, 0.29) is 30.9 Å². The van der Waals surface area contributed by atoms with Crippen molar-refractivity contribution in [3.63, 3.8) is 0 Å². The van der Waals surface area contributed by atoms with Gasteiger partial charge in [0.05, 0.1) is 30.6 Å². The highest BCUT2D eigenvalue weighted by atomic mass is 35.5. The topological polar surface area (TPSA) is 90.4 Å². The molecule has 3 aliphatic heterocycles. The number of carbonyl (C=O) groups excluding carboxylic acids is 3. The van der Waals surface area contributed by atoms with E-state index in [9.17, 15) is 19.5 Å². The van der Waals surface area contributed by atoms with Gasteiger partial charge < -0.3 is 24.5 Å². The fraction of sp³-hybridized carbons (Fsp3) is 0.406. The van der Waals surface area contributed by atoms with E-state index in [1.54, 1.807) is 53.3 Å². The first-order chi connectivity index (χ1) is 19.8. The Balaban J connectivity index is 1.60. The lowest BCUT2D eigenvalue weighted by atomic mass is 9.70. The Hall–Kier alpha value is -3.46. The molecule has 2 aromatic carbocycles. The van der Waals surface area contributed by atoms with Gasteiger partial charge in [-0.3, -0.25) is 14.4 Å². The van der Waals surface area contributed by atoms with E-state index in [1.807, 2.05) is 30.3 Å². The van der Waals surface area contributed by atoms with E-state index in [1.165, 1.54) is 4.90 Å². The summed E-state index contributed by atoms with van der Waals surface area (Å²) in [4.78, 5) is 47.4. The molecule has 41 heavy (non-hydrogen) atoms. The quantitative estimate of drug-likeness (QED) is 0.413. The van der Waals surface area contributed by atoms with E-state index in [4.69, 9.17) is 16.3 Å². The fourth-order valence-corrected chi connectivity index (χ4v) is 7.07. The van der Waals surface area contributed by atoms with Crippen LogP contribution in [0.5, 0.6) is 0 Å². The number of likely N-dealkylation sites (tertiary alicyclic amines) is 1. The molecule has 3 heterocycles. The molecule has 3 saturated heterocycles. The maximum absolute atomic E-state index is 14.7. The van der Waals surface area contributed by atoms with Crippen molar-refractivity contribution in [2.75, 3.05) is 31.6 Å². The standard InChI is InChI=1S/C32H36ClN3O5/c1-4-17-34(3)29(38)26-25-15-16-32(41-25)27(26)30(39)36(24(20-37)19-21-9-7-6-8-10-21)28(32)31(40)35(18-5-2)23-13-11-22(33)12-14-23/h4-14,24-28,37H,1-2,15-20H2,3H3/t24-,25-,26+,27+,28?,32?/m1/s1. The number of fused-ring (bicyclic) bond motifs is 1. The third-order valence-corrected chi connectivity index (χ3v) is 8.92. The van der Waals surface area contributed by atoms with Crippen LogP contribution < -0.4 is 4.90 Å². The number of anilines is 1. The number of benzene rings is 2. The third-order valence-electron chi connectivity index (χ3n) is 8.67. The molecule has 0 saturated carbocycles. The minimum atomic E-state index is -1.19. The van der Waals surface area contributed by atoms with E-state index in [2.05, 4.69) is 13.2 Å². The van der Waals surface area contributed by atoms with Crippen LogP contribution in [-0.4, -0.2) is 83.2 Å². The summed E-state index contributed by atoms with van der Waals surface area (Å²) in [5.74, 6) is -2.44. The van der Waals surface area contributed by atoms with Crippen molar-refractivity contribution in [3.8, 4) is 0 Å². The largest absolute Gasteiger partial charge is 0.394 e. The highest BCUT2D eigenvalue weighted by molar-refractivity contribution is 6.30. The summed E-state index contributed by atoms with van der Waals surface area (Å²) in [7, 11) is 1.68. The zero-order chi connectivity index (χ0) is 29.3. The lowest BCUT2D eigenvalue weighted by Gasteiger charge is -2.39. The normalized spacial score (nSPS) is 26.9. The summed E-state index contributed by atoms with van der Waals surface area (Å²) in [5, 5.41) is 11.2. The van der Waals surface area contributed by atoms with E-state index in [0.717, 1.165) is 5.56 Å². The first kappa shape index (κ1) is 29.0. The Kier molecular flexibility index (Phi) is 8.36. The second-order valence-electron chi connectivity index (χ2n) is 11.0. The molecular formula is C32H36ClN3O5. The van der Waals surface area contributed by atoms with Gasteiger partial charge in [0.25, 0.3) is 5.91 Å². The number of carbonyl (C=O) groups is 3. The highest BCUT2D eigenvalue weighted by Gasteiger charge is 2.75. The molecule has 6 atom stereocenters.